The average Bonchev–Trinajstić information content (AvgIpc) is 2.13. The molecule has 0 aliphatic heterocycles. The van der Waals surface area contributed by atoms with Gasteiger partial charge in [-0.1, -0.05) is 25.7 Å². The molecule has 2 aliphatic carbocycles. The number of hydrogen-bond donors (Lipinski definition) is 1. The molecule has 2 rings (SSSR count). The highest BCUT2D eigenvalue weighted by molar-refractivity contribution is 5.61. The van der Waals surface area contributed by atoms with Crippen LogP contribution in [0, 0.1) is 5.41 Å². The Morgan fingerprint density at radius 3 is 2.07 bits per heavy atom. The third-order valence-corrected chi connectivity index (χ3v) is 4.06. The van der Waals surface area contributed by atoms with Crippen LogP contribution in [0.3, 0.4) is 0 Å². The number of carbonyl (C=O) groups excluding carboxylic acids is 1. The number of aldehydes is 1. The molecule has 0 bridgehead atoms. The van der Waals surface area contributed by atoms with Crippen LogP contribution in [-0.4, -0.2) is 17.0 Å². The Morgan fingerprint density at radius 1 is 1.00 bits per heavy atom. The van der Waals surface area contributed by atoms with Gasteiger partial charge in [-0.2, -0.15) is 0 Å². The van der Waals surface area contributed by atoms with E-state index in [0.29, 0.717) is 0 Å². The van der Waals surface area contributed by atoms with Crippen molar-refractivity contribution in [2.45, 2.75) is 63.4 Å². The Labute approximate surface area is 85.7 Å². The molecule has 2 fully saturated rings. The van der Waals surface area contributed by atoms with E-state index in [1.807, 2.05) is 0 Å². The second kappa shape index (κ2) is 3.65. The Hall–Kier alpha value is -0.370. The summed E-state index contributed by atoms with van der Waals surface area (Å²) in [5, 5.41) is 10.3. The number of rotatable bonds is 3. The lowest BCUT2D eigenvalue weighted by Crippen LogP contribution is -2.43. The summed E-state index contributed by atoms with van der Waals surface area (Å²) in [6, 6.07) is 0. The van der Waals surface area contributed by atoms with Crippen molar-refractivity contribution in [3.05, 3.63) is 0 Å². The molecule has 0 amide bonds. The highest BCUT2D eigenvalue weighted by atomic mass is 16.3. The molecule has 0 unspecified atom stereocenters. The maximum Gasteiger partial charge on any atom is 0.126 e. The van der Waals surface area contributed by atoms with Crippen molar-refractivity contribution in [1.29, 1.82) is 0 Å². The van der Waals surface area contributed by atoms with Gasteiger partial charge in [-0.05, 0) is 32.1 Å². The van der Waals surface area contributed by atoms with Crippen molar-refractivity contribution in [2.24, 2.45) is 5.41 Å². The zero-order valence-corrected chi connectivity index (χ0v) is 8.80. The highest BCUT2D eigenvalue weighted by Crippen LogP contribution is 2.48. The van der Waals surface area contributed by atoms with Gasteiger partial charge >= 0.3 is 0 Å². The Bertz CT molecular complexity index is 212. The molecular formula is C12H20O2. The molecule has 0 aromatic heterocycles. The van der Waals surface area contributed by atoms with Gasteiger partial charge in [0.1, 0.15) is 6.29 Å². The lowest BCUT2D eigenvalue weighted by atomic mass is 9.62. The summed E-state index contributed by atoms with van der Waals surface area (Å²) in [4.78, 5) is 11.0. The molecule has 0 aromatic carbocycles. The maximum atomic E-state index is 11.0. The lowest BCUT2D eigenvalue weighted by Gasteiger charge is -2.44. The predicted octanol–water partition coefficient (Wildman–Crippen LogP) is 2.44. The van der Waals surface area contributed by atoms with Crippen molar-refractivity contribution < 1.29 is 9.90 Å². The SMILES string of the molecule is O=CC1(CC2(O)CCCCC2)CCC1. The quantitative estimate of drug-likeness (QED) is 0.704. The third-order valence-electron chi connectivity index (χ3n) is 4.06. The fraction of sp³-hybridized carbons (Fsp3) is 0.917. The summed E-state index contributed by atoms with van der Waals surface area (Å²) in [6.45, 7) is 0. The van der Waals surface area contributed by atoms with E-state index in [9.17, 15) is 9.90 Å². The molecule has 14 heavy (non-hydrogen) atoms. The largest absolute Gasteiger partial charge is 0.390 e. The van der Waals surface area contributed by atoms with E-state index >= 15 is 0 Å². The molecule has 2 saturated carbocycles. The van der Waals surface area contributed by atoms with Gasteiger partial charge in [-0.25, -0.2) is 0 Å². The smallest absolute Gasteiger partial charge is 0.126 e. The molecule has 2 heteroatoms. The summed E-state index contributed by atoms with van der Waals surface area (Å²) in [6.07, 6.45) is 10.3. The highest BCUT2D eigenvalue weighted by Gasteiger charge is 2.44. The number of hydrogen-bond acceptors (Lipinski definition) is 2. The van der Waals surface area contributed by atoms with Crippen LogP contribution >= 0.6 is 0 Å². The predicted molar refractivity (Wildman–Crippen MR) is 55.0 cm³/mol. The molecule has 1 N–H and O–H groups in total. The van der Waals surface area contributed by atoms with E-state index in [2.05, 4.69) is 0 Å². The van der Waals surface area contributed by atoms with Crippen LogP contribution in [0.15, 0.2) is 0 Å². The molecule has 0 heterocycles. The van der Waals surface area contributed by atoms with Gasteiger partial charge in [0.15, 0.2) is 0 Å². The summed E-state index contributed by atoms with van der Waals surface area (Å²) in [7, 11) is 0. The molecule has 0 spiro atoms. The zero-order chi connectivity index (χ0) is 10.1. The van der Waals surface area contributed by atoms with Crippen molar-refractivity contribution >= 4 is 6.29 Å². The van der Waals surface area contributed by atoms with Crippen LogP contribution < -0.4 is 0 Å². The van der Waals surface area contributed by atoms with Crippen LogP contribution in [0.1, 0.15) is 57.8 Å². The molecule has 0 aromatic rings. The first-order valence-corrected chi connectivity index (χ1v) is 5.87. The van der Waals surface area contributed by atoms with Crippen LogP contribution in [0.25, 0.3) is 0 Å². The van der Waals surface area contributed by atoms with Crippen LogP contribution in [0.2, 0.25) is 0 Å². The standard InChI is InChI=1S/C12H20O2/c13-10-11(5-4-6-11)9-12(14)7-2-1-3-8-12/h10,14H,1-9H2. The molecule has 0 saturated heterocycles. The average molecular weight is 196 g/mol. The second-order valence-electron chi connectivity index (χ2n) is 5.30. The van der Waals surface area contributed by atoms with Gasteiger partial charge in [-0.3, -0.25) is 0 Å². The topological polar surface area (TPSA) is 37.3 Å². The fourth-order valence-corrected chi connectivity index (χ4v) is 3.01. The molecule has 0 atom stereocenters. The first-order valence-electron chi connectivity index (χ1n) is 5.87. The van der Waals surface area contributed by atoms with Crippen molar-refractivity contribution in [1.82, 2.24) is 0 Å². The van der Waals surface area contributed by atoms with Gasteiger partial charge in [0.05, 0.1) is 5.60 Å². The molecular weight excluding hydrogens is 176 g/mol. The fourth-order valence-electron chi connectivity index (χ4n) is 3.01. The van der Waals surface area contributed by atoms with E-state index < -0.39 is 5.60 Å². The van der Waals surface area contributed by atoms with Crippen molar-refractivity contribution in [2.75, 3.05) is 0 Å². The van der Waals surface area contributed by atoms with E-state index in [0.717, 1.165) is 57.7 Å². The summed E-state index contributed by atoms with van der Waals surface area (Å²) < 4.78 is 0. The summed E-state index contributed by atoms with van der Waals surface area (Å²) in [5.41, 5.74) is -0.661. The minimum Gasteiger partial charge on any atom is -0.390 e. The first-order chi connectivity index (χ1) is 6.68. The third kappa shape index (κ3) is 1.85. The van der Waals surface area contributed by atoms with Crippen molar-refractivity contribution in [3.63, 3.8) is 0 Å². The van der Waals surface area contributed by atoms with Gasteiger partial charge in [-0.15, -0.1) is 0 Å². The minimum absolute atomic E-state index is 0.147. The van der Waals surface area contributed by atoms with E-state index in [1.54, 1.807) is 0 Å². The summed E-state index contributed by atoms with van der Waals surface area (Å²) in [5.74, 6) is 0. The van der Waals surface area contributed by atoms with Crippen LogP contribution in [0.4, 0.5) is 0 Å². The molecule has 2 aliphatic rings. The monoisotopic (exact) mass is 196 g/mol. The van der Waals surface area contributed by atoms with Crippen LogP contribution in [-0.2, 0) is 4.79 Å². The Morgan fingerprint density at radius 2 is 1.64 bits per heavy atom. The molecule has 2 nitrogen and oxygen atoms in total. The van der Waals surface area contributed by atoms with Crippen LogP contribution in [0.5, 0.6) is 0 Å². The Balaban J connectivity index is 1.97. The first kappa shape index (κ1) is 10.2. The maximum absolute atomic E-state index is 11.0. The van der Waals surface area contributed by atoms with Gasteiger partial charge < -0.3 is 9.90 Å². The van der Waals surface area contributed by atoms with E-state index in [4.69, 9.17) is 0 Å². The van der Waals surface area contributed by atoms with Gasteiger partial charge in [0.25, 0.3) is 0 Å². The summed E-state index contributed by atoms with van der Waals surface area (Å²) >= 11 is 0. The normalized spacial score (nSPS) is 29.2. The van der Waals surface area contributed by atoms with Gasteiger partial charge in [0, 0.05) is 5.41 Å². The minimum atomic E-state index is -0.514. The van der Waals surface area contributed by atoms with E-state index in [-0.39, 0.29) is 5.41 Å². The Kier molecular flexibility index (Phi) is 2.65. The lowest BCUT2D eigenvalue weighted by molar-refractivity contribution is -0.128. The second-order valence-corrected chi connectivity index (χ2v) is 5.30. The zero-order valence-electron chi connectivity index (χ0n) is 8.80. The van der Waals surface area contributed by atoms with E-state index in [1.165, 1.54) is 6.42 Å². The van der Waals surface area contributed by atoms with Crippen molar-refractivity contribution in [3.8, 4) is 0 Å². The number of aliphatic hydroxyl groups is 1. The molecule has 80 valence electrons. The molecule has 0 radical (unpaired) electrons. The van der Waals surface area contributed by atoms with Gasteiger partial charge in [0.2, 0.25) is 0 Å². The number of carbonyl (C=O) groups is 1.